The van der Waals surface area contributed by atoms with Crippen LogP contribution in [-0.4, -0.2) is 0 Å². The molecule has 4 aromatic rings. The van der Waals surface area contributed by atoms with E-state index in [1.54, 1.807) is 0 Å². The van der Waals surface area contributed by atoms with E-state index in [0.717, 1.165) is 38.5 Å². The van der Waals surface area contributed by atoms with Crippen molar-refractivity contribution in [1.82, 2.24) is 0 Å². The molecule has 0 amide bonds. The molecule has 2 heterocycles. The molecule has 2 atom stereocenters. The number of para-hydroxylation sites is 1. The van der Waals surface area contributed by atoms with Crippen LogP contribution in [0.25, 0.3) is 22.3 Å². The van der Waals surface area contributed by atoms with E-state index in [-0.39, 0.29) is 0 Å². The Morgan fingerprint density at radius 2 is 1.25 bits per heavy atom. The van der Waals surface area contributed by atoms with E-state index < -0.39 is 0 Å². The molecule has 6 aliphatic rings. The molecule has 0 saturated carbocycles. The molecule has 2 nitrogen and oxygen atoms in total. The summed E-state index contributed by atoms with van der Waals surface area (Å²) in [6.45, 7) is 2.14. The van der Waals surface area contributed by atoms with Gasteiger partial charge in [-0.1, -0.05) is 115 Å². The van der Waals surface area contributed by atoms with Crippen LogP contribution in [0.2, 0.25) is 0 Å². The first-order valence-electron chi connectivity index (χ1n) is 18.7. The fourth-order valence-electron chi connectivity index (χ4n) is 9.26. The summed E-state index contributed by atoms with van der Waals surface area (Å²) in [7, 11) is 0. The van der Waals surface area contributed by atoms with E-state index in [2.05, 4.69) is 168 Å². The maximum Gasteiger partial charge on any atom is 0.0455 e. The standard InChI is InChI=1S/C49H42N2/c1-33-18-20-34(21-19-33)36-10-9-11-37(30-36)35-22-26-41(27-23-35)51-47-17-8-6-15-43(47)45-32-39(25-29-49(45)51)38-24-28-48-44(31-38)42-14-5-7-16-46(42)50(48)40-12-3-2-4-13-40/h2-7,9-13,15-16,18-23,25-27,29-31,42,45H,8,14,17,24,28,32H2,1H3. The average Bonchev–Trinajstić information content (AvgIpc) is 3.71. The van der Waals surface area contributed by atoms with Crippen LogP contribution >= 0.6 is 0 Å². The van der Waals surface area contributed by atoms with Gasteiger partial charge in [0.2, 0.25) is 0 Å². The van der Waals surface area contributed by atoms with Crippen molar-refractivity contribution >= 4 is 11.4 Å². The number of hydrogen-bond acceptors (Lipinski definition) is 2. The van der Waals surface area contributed by atoms with Gasteiger partial charge >= 0.3 is 0 Å². The molecule has 0 N–H and O–H groups in total. The number of nitrogens with zero attached hydrogens (tertiary/aromatic N) is 2. The SMILES string of the molecule is Cc1ccc(-c2cccc(-c3ccc(N4C5=CC=C(C6=CC7=C(CC6)N(c6ccccc6)C6=CC=CCC67)CC5C5=C4CCC=C5)cc3)c2)cc1. The lowest BCUT2D eigenvalue weighted by Gasteiger charge is -2.30. The number of aryl methyl sites for hydroxylation is 1. The van der Waals surface area contributed by atoms with Gasteiger partial charge in [0, 0.05) is 46.0 Å². The molecular formula is C49H42N2. The Hall–Kier alpha value is -5.60. The first-order valence-corrected chi connectivity index (χ1v) is 18.7. The van der Waals surface area contributed by atoms with Gasteiger partial charge < -0.3 is 9.80 Å². The molecule has 248 valence electrons. The van der Waals surface area contributed by atoms with E-state index in [9.17, 15) is 0 Å². The summed E-state index contributed by atoms with van der Waals surface area (Å²) in [5.41, 5.74) is 20.8. The van der Waals surface area contributed by atoms with Crippen molar-refractivity contribution in [3.63, 3.8) is 0 Å². The van der Waals surface area contributed by atoms with E-state index in [1.165, 1.54) is 84.3 Å². The summed E-state index contributed by atoms with van der Waals surface area (Å²) >= 11 is 0. The van der Waals surface area contributed by atoms with E-state index in [1.807, 2.05) is 0 Å². The Balaban J connectivity index is 0.962. The molecule has 4 aliphatic carbocycles. The average molecular weight is 659 g/mol. The Morgan fingerprint density at radius 3 is 2.04 bits per heavy atom. The van der Waals surface area contributed by atoms with Crippen LogP contribution in [-0.2, 0) is 0 Å². The highest BCUT2D eigenvalue weighted by molar-refractivity contribution is 5.76. The smallest absolute Gasteiger partial charge is 0.0455 e. The molecule has 0 saturated heterocycles. The van der Waals surface area contributed by atoms with Crippen molar-refractivity contribution in [2.24, 2.45) is 11.8 Å². The number of fused-ring (bicyclic) bond motifs is 4. The number of anilines is 2. The van der Waals surface area contributed by atoms with Gasteiger partial charge in [-0.25, -0.2) is 0 Å². The van der Waals surface area contributed by atoms with Gasteiger partial charge in [-0.2, -0.15) is 0 Å². The quantitative estimate of drug-likeness (QED) is 0.211. The van der Waals surface area contributed by atoms with Crippen molar-refractivity contribution in [2.45, 2.75) is 45.4 Å². The summed E-state index contributed by atoms with van der Waals surface area (Å²) < 4.78 is 0. The van der Waals surface area contributed by atoms with Crippen LogP contribution in [0.5, 0.6) is 0 Å². The zero-order valence-electron chi connectivity index (χ0n) is 29.2. The lowest BCUT2D eigenvalue weighted by Crippen LogP contribution is -2.21. The number of rotatable bonds is 5. The molecule has 0 spiro atoms. The highest BCUT2D eigenvalue weighted by atomic mass is 15.2. The predicted molar refractivity (Wildman–Crippen MR) is 213 cm³/mol. The first-order chi connectivity index (χ1) is 25.2. The monoisotopic (exact) mass is 658 g/mol. The second-order valence-electron chi connectivity index (χ2n) is 14.8. The largest absolute Gasteiger partial charge is 0.317 e. The summed E-state index contributed by atoms with van der Waals surface area (Å²) in [4.78, 5) is 5.13. The van der Waals surface area contributed by atoms with Crippen LogP contribution in [0, 0.1) is 18.8 Å². The minimum Gasteiger partial charge on any atom is -0.317 e. The minimum absolute atomic E-state index is 0.399. The summed E-state index contributed by atoms with van der Waals surface area (Å²) in [5, 5.41) is 0. The van der Waals surface area contributed by atoms with Crippen molar-refractivity contribution in [2.75, 3.05) is 9.80 Å². The van der Waals surface area contributed by atoms with Gasteiger partial charge in [0.1, 0.15) is 0 Å². The Kier molecular flexibility index (Phi) is 7.30. The van der Waals surface area contributed by atoms with E-state index in [0.29, 0.717) is 11.8 Å². The van der Waals surface area contributed by atoms with Crippen LogP contribution in [0.15, 0.2) is 197 Å². The predicted octanol–water partition coefficient (Wildman–Crippen LogP) is 12.5. The van der Waals surface area contributed by atoms with Crippen molar-refractivity contribution in [1.29, 1.82) is 0 Å². The van der Waals surface area contributed by atoms with Gasteiger partial charge in [0.15, 0.2) is 0 Å². The Bertz CT molecular complexity index is 2300. The molecule has 4 aromatic carbocycles. The van der Waals surface area contributed by atoms with Crippen molar-refractivity contribution < 1.29 is 0 Å². The third-order valence-corrected chi connectivity index (χ3v) is 11.8. The first kappa shape index (κ1) is 30.2. The van der Waals surface area contributed by atoms with Crippen molar-refractivity contribution in [3.8, 4) is 22.3 Å². The molecule has 2 heteroatoms. The van der Waals surface area contributed by atoms with Crippen molar-refractivity contribution in [3.05, 3.63) is 202 Å². The van der Waals surface area contributed by atoms with E-state index in [4.69, 9.17) is 0 Å². The topological polar surface area (TPSA) is 6.48 Å². The van der Waals surface area contributed by atoms with Gasteiger partial charge in [-0.05, 0) is 132 Å². The number of benzene rings is 4. The normalized spacial score (nSPS) is 21.8. The Morgan fingerprint density at radius 1 is 0.549 bits per heavy atom. The van der Waals surface area contributed by atoms with Gasteiger partial charge in [-0.15, -0.1) is 0 Å². The minimum atomic E-state index is 0.399. The summed E-state index contributed by atoms with van der Waals surface area (Å²) in [6, 6.07) is 38.0. The van der Waals surface area contributed by atoms with Gasteiger partial charge in [0.25, 0.3) is 0 Å². The second kappa shape index (κ2) is 12.3. The fourth-order valence-corrected chi connectivity index (χ4v) is 9.26. The number of hydrogen-bond donors (Lipinski definition) is 0. The summed E-state index contributed by atoms with van der Waals surface area (Å²) in [5.74, 6) is 0.845. The third kappa shape index (κ3) is 5.16. The molecule has 0 bridgehead atoms. The Labute approximate surface area is 302 Å². The molecule has 51 heavy (non-hydrogen) atoms. The molecule has 10 rings (SSSR count). The molecule has 0 aromatic heterocycles. The maximum absolute atomic E-state index is 2.58. The van der Waals surface area contributed by atoms with Gasteiger partial charge in [0.05, 0.1) is 0 Å². The highest BCUT2D eigenvalue weighted by Gasteiger charge is 2.41. The molecule has 0 radical (unpaired) electrons. The van der Waals surface area contributed by atoms with Gasteiger partial charge in [-0.3, -0.25) is 0 Å². The fraction of sp³-hybridized carbons (Fsp3) is 0.184. The highest BCUT2D eigenvalue weighted by Crippen LogP contribution is 2.52. The van der Waals surface area contributed by atoms with Crippen LogP contribution in [0.3, 0.4) is 0 Å². The van der Waals surface area contributed by atoms with Crippen LogP contribution in [0.1, 0.15) is 44.1 Å². The number of allylic oxidation sites excluding steroid dienone is 14. The van der Waals surface area contributed by atoms with Crippen LogP contribution in [0.4, 0.5) is 11.4 Å². The maximum atomic E-state index is 2.58. The zero-order valence-corrected chi connectivity index (χ0v) is 29.2. The molecular weight excluding hydrogens is 617 g/mol. The lowest BCUT2D eigenvalue weighted by atomic mass is 9.79. The molecule has 0 fully saturated rings. The second-order valence-corrected chi connectivity index (χ2v) is 14.8. The van der Waals surface area contributed by atoms with E-state index >= 15 is 0 Å². The lowest BCUT2D eigenvalue weighted by molar-refractivity contribution is 0.708. The zero-order chi connectivity index (χ0) is 33.9. The van der Waals surface area contributed by atoms with Crippen LogP contribution < -0.4 is 9.80 Å². The summed E-state index contributed by atoms with van der Waals surface area (Å²) in [6.07, 6.45) is 25.7. The third-order valence-electron chi connectivity index (χ3n) is 11.8. The molecule has 2 unspecified atom stereocenters. The molecule has 2 aliphatic heterocycles.